The first-order valence-electron chi connectivity index (χ1n) is 13.8. The molecule has 0 amide bonds. The quantitative estimate of drug-likeness (QED) is 0.597. The number of nitrogens with zero attached hydrogens (tertiary/aromatic N) is 1. The maximum absolute atomic E-state index is 12.0. The molecule has 6 nitrogen and oxygen atoms in total. The number of primary sulfonamides is 1. The molecule has 4 aliphatic carbocycles. The topological polar surface area (TPSA) is 87.5 Å². The fourth-order valence-corrected chi connectivity index (χ4v) is 10.0. The molecule has 2 saturated heterocycles. The summed E-state index contributed by atoms with van der Waals surface area (Å²) in [7, 11) is -3.39. The lowest BCUT2D eigenvalue weighted by Gasteiger charge is -2.53. The molecular formula is C25H44N4O2S. The Morgan fingerprint density at radius 2 is 1.34 bits per heavy atom. The van der Waals surface area contributed by atoms with Gasteiger partial charge < -0.3 is 0 Å². The van der Waals surface area contributed by atoms with Crippen LogP contribution < -0.4 is 15.8 Å². The minimum atomic E-state index is -3.39. The van der Waals surface area contributed by atoms with Gasteiger partial charge in [0.15, 0.2) is 0 Å². The standard InChI is InChI=1S/C25H44N4O2S/c26-32(30,31)19-7-5-6-16(15-19)17-12-13-18(14-17)24-27-21-9-2-1-8-20(21)25-28-22-10-3-4-11-23(22)29(24)25/h16-25,27-28H,1-15H2,(H2,26,30,31)/t16?,17?,18?,19?,20?,21?,22?,23?,24-,25?/m0/s1. The second-order valence-electron chi connectivity index (χ2n) is 12.2. The van der Waals surface area contributed by atoms with Crippen molar-refractivity contribution in [1.29, 1.82) is 0 Å². The minimum Gasteiger partial charge on any atom is -0.298 e. The number of rotatable bonds is 3. The molecule has 0 aromatic rings. The minimum absolute atomic E-state index is 0.300. The van der Waals surface area contributed by atoms with Crippen LogP contribution >= 0.6 is 0 Å². The van der Waals surface area contributed by atoms with Gasteiger partial charge in [-0.25, -0.2) is 13.6 Å². The molecule has 9 unspecified atom stereocenters. The van der Waals surface area contributed by atoms with Crippen LogP contribution in [0.4, 0.5) is 0 Å². The first kappa shape index (κ1) is 22.3. The van der Waals surface area contributed by atoms with Gasteiger partial charge in [-0.15, -0.1) is 0 Å². The highest BCUT2D eigenvalue weighted by atomic mass is 32.2. The lowest BCUT2D eigenvalue weighted by molar-refractivity contribution is -0.0450. The van der Waals surface area contributed by atoms with Crippen molar-refractivity contribution in [2.24, 2.45) is 28.8 Å². The van der Waals surface area contributed by atoms with Gasteiger partial charge in [0.25, 0.3) is 0 Å². The van der Waals surface area contributed by atoms with Crippen molar-refractivity contribution < 1.29 is 8.42 Å². The molecule has 0 spiro atoms. The maximum atomic E-state index is 12.0. The highest BCUT2D eigenvalue weighted by molar-refractivity contribution is 7.89. The van der Waals surface area contributed by atoms with Crippen molar-refractivity contribution in [2.75, 3.05) is 0 Å². The second kappa shape index (κ2) is 8.78. The highest BCUT2D eigenvalue weighted by Gasteiger charge is 2.55. The summed E-state index contributed by atoms with van der Waals surface area (Å²) < 4.78 is 24.0. The van der Waals surface area contributed by atoms with Gasteiger partial charge in [0.1, 0.15) is 0 Å². The van der Waals surface area contributed by atoms with E-state index in [0.29, 0.717) is 42.2 Å². The predicted octanol–water partition coefficient (Wildman–Crippen LogP) is 3.28. The summed E-state index contributed by atoms with van der Waals surface area (Å²) in [5, 5.41) is 13.6. The first-order chi connectivity index (χ1) is 15.5. The first-order valence-corrected chi connectivity index (χ1v) is 15.4. The summed E-state index contributed by atoms with van der Waals surface area (Å²) in [5.74, 6) is 2.73. The van der Waals surface area contributed by atoms with Crippen molar-refractivity contribution in [3.05, 3.63) is 0 Å². The van der Waals surface area contributed by atoms with Gasteiger partial charge in [0.05, 0.1) is 17.6 Å². The van der Waals surface area contributed by atoms with Gasteiger partial charge in [-0.2, -0.15) is 0 Å². The molecule has 32 heavy (non-hydrogen) atoms. The summed E-state index contributed by atoms with van der Waals surface area (Å²) in [5.41, 5.74) is 0. The van der Waals surface area contributed by atoms with Crippen LogP contribution in [-0.2, 0) is 10.0 Å². The summed E-state index contributed by atoms with van der Waals surface area (Å²) >= 11 is 0. The number of nitrogens with two attached hydrogens (primary N) is 1. The van der Waals surface area contributed by atoms with Crippen LogP contribution in [0.15, 0.2) is 0 Å². The molecule has 7 heteroatoms. The highest BCUT2D eigenvalue weighted by Crippen LogP contribution is 2.48. The van der Waals surface area contributed by atoms with E-state index < -0.39 is 10.0 Å². The Hall–Kier alpha value is -0.210. The van der Waals surface area contributed by atoms with E-state index in [1.54, 1.807) is 0 Å². The van der Waals surface area contributed by atoms with Crippen LogP contribution in [0, 0.1) is 23.7 Å². The zero-order valence-corrected chi connectivity index (χ0v) is 20.4. The summed E-state index contributed by atoms with van der Waals surface area (Å²) in [6.07, 6.45) is 19.7. The van der Waals surface area contributed by atoms with Crippen molar-refractivity contribution in [3.8, 4) is 0 Å². The molecular weight excluding hydrogens is 420 g/mol. The lowest BCUT2D eigenvalue weighted by Crippen LogP contribution is -2.68. The molecule has 182 valence electrons. The lowest BCUT2D eigenvalue weighted by atomic mass is 9.77. The van der Waals surface area contributed by atoms with Gasteiger partial charge in [-0.3, -0.25) is 15.5 Å². The van der Waals surface area contributed by atoms with Crippen LogP contribution in [0.5, 0.6) is 0 Å². The van der Waals surface area contributed by atoms with Crippen LogP contribution in [0.3, 0.4) is 0 Å². The van der Waals surface area contributed by atoms with Gasteiger partial charge in [-0.1, -0.05) is 38.5 Å². The molecule has 6 fully saturated rings. The molecule has 10 atom stereocenters. The van der Waals surface area contributed by atoms with E-state index in [2.05, 4.69) is 15.5 Å². The van der Waals surface area contributed by atoms with E-state index in [1.165, 1.54) is 77.0 Å². The van der Waals surface area contributed by atoms with Crippen LogP contribution in [0.25, 0.3) is 0 Å². The van der Waals surface area contributed by atoms with Crippen molar-refractivity contribution >= 4 is 10.0 Å². The van der Waals surface area contributed by atoms with Gasteiger partial charge in [-0.05, 0) is 75.5 Å². The summed E-state index contributed by atoms with van der Waals surface area (Å²) in [4.78, 5) is 2.94. The van der Waals surface area contributed by atoms with E-state index in [0.717, 1.165) is 31.2 Å². The zero-order chi connectivity index (χ0) is 21.9. The monoisotopic (exact) mass is 464 g/mol. The van der Waals surface area contributed by atoms with Gasteiger partial charge in [0.2, 0.25) is 10.0 Å². The molecule has 0 aromatic carbocycles. The zero-order valence-electron chi connectivity index (χ0n) is 19.6. The Morgan fingerprint density at radius 3 is 2.19 bits per heavy atom. The predicted molar refractivity (Wildman–Crippen MR) is 127 cm³/mol. The molecule has 0 bridgehead atoms. The van der Waals surface area contributed by atoms with Gasteiger partial charge in [0, 0.05) is 24.0 Å². The summed E-state index contributed by atoms with van der Waals surface area (Å²) in [6, 6.07) is 2.10. The van der Waals surface area contributed by atoms with E-state index in [9.17, 15) is 8.42 Å². The van der Waals surface area contributed by atoms with E-state index >= 15 is 0 Å². The number of fused-ring (bicyclic) bond motifs is 5. The Balaban J connectivity index is 1.19. The SMILES string of the molecule is NS(=O)(=O)C1CCCC(C2CCC([C@H]3NC4CCCCC4C4NC5CCCCC5N43)C2)C1. The molecule has 2 heterocycles. The van der Waals surface area contributed by atoms with Crippen molar-refractivity contribution in [2.45, 2.75) is 132 Å². The number of sulfonamides is 1. The van der Waals surface area contributed by atoms with Crippen LogP contribution in [0.2, 0.25) is 0 Å². The Morgan fingerprint density at radius 1 is 0.656 bits per heavy atom. The van der Waals surface area contributed by atoms with E-state index in [4.69, 9.17) is 5.14 Å². The van der Waals surface area contributed by atoms with Crippen molar-refractivity contribution in [3.63, 3.8) is 0 Å². The second-order valence-corrected chi connectivity index (χ2v) is 14.0. The number of hydrogen-bond donors (Lipinski definition) is 3. The van der Waals surface area contributed by atoms with Gasteiger partial charge >= 0.3 is 0 Å². The van der Waals surface area contributed by atoms with E-state index in [1.807, 2.05) is 0 Å². The fraction of sp³-hybridized carbons (Fsp3) is 1.00. The molecule has 4 saturated carbocycles. The molecule has 4 N–H and O–H groups in total. The summed E-state index contributed by atoms with van der Waals surface area (Å²) in [6.45, 7) is 0. The Bertz CT molecular complexity index is 791. The third kappa shape index (κ3) is 3.98. The number of hydrogen-bond acceptors (Lipinski definition) is 5. The Labute approximate surface area is 194 Å². The number of nitrogens with one attached hydrogen (secondary N) is 2. The molecule has 2 aliphatic heterocycles. The average molecular weight is 465 g/mol. The maximum Gasteiger partial charge on any atom is 0.211 e. The van der Waals surface area contributed by atoms with Crippen molar-refractivity contribution in [1.82, 2.24) is 15.5 Å². The third-order valence-corrected chi connectivity index (χ3v) is 11.9. The fourth-order valence-electron chi connectivity index (χ4n) is 9.00. The molecule has 0 radical (unpaired) electrons. The Kier molecular flexibility index (Phi) is 6.11. The van der Waals surface area contributed by atoms with Crippen LogP contribution in [0.1, 0.15) is 96.3 Å². The molecule has 6 rings (SSSR count). The average Bonchev–Trinajstić information content (AvgIpc) is 3.44. The largest absolute Gasteiger partial charge is 0.298 e. The molecule has 0 aromatic heterocycles. The normalized spacial score (nSPS) is 49.9. The van der Waals surface area contributed by atoms with Crippen LogP contribution in [-0.4, -0.2) is 49.0 Å². The molecule has 6 aliphatic rings. The van der Waals surface area contributed by atoms with E-state index in [-0.39, 0.29) is 5.25 Å². The smallest absolute Gasteiger partial charge is 0.211 e. The third-order valence-electron chi connectivity index (χ3n) is 10.5.